The fourth-order valence-electron chi connectivity index (χ4n) is 1.90. The minimum Gasteiger partial charge on any atom is -0.489 e. The van der Waals surface area contributed by atoms with Gasteiger partial charge in [-0.1, -0.05) is 12.1 Å². The second-order valence-electron chi connectivity index (χ2n) is 4.76. The number of aromatic nitrogens is 1. The highest BCUT2D eigenvalue weighted by atomic mass is 16.5. The summed E-state index contributed by atoms with van der Waals surface area (Å²) >= 11 is 0. The Hall–Kier alpha value is -2.38. The summed E-state index contributed by atoms with van der Waals surface area (Å²) in [6.07, 6.45) is 1.61. The first-order valence-corrected chi connectivity index (χ1v) is 6.44. The molecule has 2 aromatic rings. The number of pyridine rings is 1. The summed E-state index contributed by atoms with van der Waals surface area (Å²) in [5.41, 5.74) is 9.31. The molecule has 0 saturated carbocycles. The van der Waals surface area contributed by atoms with E-state index in [0.717, 1.165) is 22.4 Å². The first kappa shape index (κ1) is 14.0. The van der Waals surface area contributed by atoms with Gasteiger partial charge in [-0.2, -0.15) is 5.26 Å². The third-order valence-electron chi connectivity index (χ3n) is 3.06. The topological polar surface area (TPSA) is 71.9 Å². The van der Waals surface area contributed by atoms with Gasteiger partial charge in [0.25, 0.3) is 0 Å². The summed E-state index contributed by atoms with van der Waals surface area (Å²) in [4.78, 5) is 3.93. The first-order valence-electron chi connectivity index (χ1n) is 6.44. The van der Waals surface area contributed by atoms with Crippen molar-refractivity contribution in [2.24, 2.45) is 5.73 Å². The molecule has 0 amide bonds. The number of rotatable bonds is 4. The molecular weight excluding hydrogens is 250 g/mol. The molecule has 0 bridgehead atoms. The second-order valence-corrected chi connectivity index (χ2v) is 4.76. The van der Waals surface area contributed by atoms with Crippen LogP contribution in [0.5, 0.6) is 5.75 Å². The third-order valence-corrected chi connectivity index (χ3v) is 3.06. The minimum atomic E-state index is 0.0149. The van der Waals surface area contributed by atoms with Gasteiger partial charge in [0.2, 0.25) is 0 Å². The quantitative estimate of drug-likeness (QED) is 0.924. The molecular formula is C16H17N3O. The molecule has 1 aromatic heterocycles. The van der Waals surface area contributed by atoms with E-state index in [1.165, 1.54) is 0 Å². The third kappa shape index (κ3) is 3.34. The molecule has 20 heavy (non-hydrogen) atoms. The molecule has 0 radical (unpaired) electrons. The van der Waals surface area contributed by atoms with Gasteiger partial charge in [0.1, 0.15) is 24.1 Å². The Morgan fingerprint density at radius 3 is 2.80 bits per heavy atom. The van der Waals surface area contributed by atoms with E-state index in [1.807, 2.05) is 44.2 Å². The maximum Gasteiger partial charge on any atom is 0.140 e. The summed E-state index contributed by atoms with van der Waals surface area (Å²) < 4.78 is 5.78. The number of hydrogen-bond acceptors (Lipinski definition) is 4. The lowest BCUT2D eigenvalue weighted by molar-refractivity contribution is 0.304. The van der Waals surface area contributed by atoms with Crippen molar-refractivity contribution >= 4 is 0 Å². The van der Waals surface area contributed by atoms with Crippen LogP contribution in [-0.2, 0) is 6.61 Å². The number of hydrogen-bond donors (Lipinski definition) is 1. The van der Waals surface area contributed by atoms with Crippen LogP contribution in [0.1, 0.15) is 35.3 Å². The molecule has 4 heteroatoms. The number of nitrogens with zero attached hydrogens (tertiary/aromatic N) is 2. The average Bonchev–Trinajstić information content (AvgIpc) is 2.46. The summed E-state index contributed by atoms with van der Waals surface area (Å²) in [5, 5.41) is 8.81. The number of benzene rings is 1. The van der Waals surface area contributed by atoms with E-state index in [4.69, 9.17) is 15.7 Å². The van der Waals surface area contributed by atoms with Crippen molar-refractivity contribution in [3.8, 4) is 11.8 Å². The van der Waals surface area contributed by atoms with E-state index < -0.39 is 0 Å². The van der Waals surface area contributed by atoms with Gasteiger partial charge < -0.3 is 10.5 Å². The molecule has 0 aliphatic carbocycles. The summed E-state index contributed by atoms with van der Waals surface area (Å²) in [5.74, 6) is 0.824. The molecule has 102 valence electrons. The van der Waals surface area contributed by atoms with E-state index in [0.29, 0.717) is 12.3 Å². The molecule has 2 rings (SSSR count). The Bertz CT molecular complexity index is 644. The van der Waals surface area contributed by atoms with Crippen molar-refractivity contribution in [1.29, 1.82) is 5.26 Å². The standard InChI is InChI=1S/C16H17N3O/c1-11-7-14(12(2)18)3-4-16(11)20-10-13-5-6-19-15(8-13)9-17/h3-8,12H,10,18H2,1-2H3/t12-/m1/s1. The van der Waals surface area contributed by atoms with Crippen molar-refractivity contribution in [2.75, 3.05) is 0 Å². The zero-order valence-electron chi connectivity index (χ0n) is 11.6. The van der Waals surface area contributed by atoms with E-state index in [-0.39, 0.29) is 6.04 Å². The average molecular weight is 267 g/mol. The molecule has 0 spiro atoms. The maximum absolute atomic E-state index is 8.81. The maximum atomic E-state index is 8.81. The SMILES string of the molecule is Cc1cc([C@@H](C)N)ccc1OCc1ccnc(C#N)c1. The Kier molecular flexibility index (Phi) is 4.34. The molecule has 4 nitrogen and oxygen atoms in total. The lowest BCUT2D eigenvalue weighted by atomic mass is 10.1. The van der Waals surface area contributed by atoms with Crippen LogP contribution < -0.4 is 10.5 Å². The van der Waals surface area contributed by atoms with Crippen LogP contribution in [0.2, 0.25) is 0 Å². The van der Waals surface area contributed by atoms with Gasteiger partial charge in [0, 0.05) is 12.2 Å². The van der Waals surface area contributed by atoms with Gasteiger partial charge in [0.05, 0.1) is 0 Å². The highest BCUT2D eigenvalue weighted by Crippen LogP contribution is 2.22. The molecule has 0 aliphatic heterocycles. The number of nitrogens with two attached hydrogens (primary N) is 1. The van der Waals surface area contributed by atoms with Crippen LogP contribution in [0, 0.1) is 18.3 Å². The van der Waals surface area contributed by atoms with Crippen LogP contribution in [0.4, 0.5) is 0 Å². The second kappa shape index (κ2) is 6.18. The normalized spacial score (nSPS) is 11.7. The minimum absolute atomic E-state index is 0.0149. The van der Waals surface area contributed by atoms with Gasteiger partial charge >= 0.3 is 0 Å². The molecule has 1 atom stereocenters. The van der Waals surface area contributed by atoms with E-state index in [2.05, 4.69) is 4.98 Å². The van der Waals surface area contributed by atoms with Crippen LogP contribution in [-0.4, -0.2) is 4.98 Å². The Labute approximate surface area is 118 Å². The van der Waals surface area contributed by atoms with Gasteiger partial charge in [-0.15, -0.1) is 0 Å². The zero-order valence-corrected chi connectivity index (χ0v) is 11.6. The van der Waals surface area contributed by atoms with Gasteiger partial charge in [-0.25, -0.2) is 4.98 Å². The first-order chi connectivity index (χ1) is 9.60. The van der Waals surface area contributed by atoms with Crippen molar-refractivity contribution in [3.63, 3.8) is 0 Å². The van der Waals surface area contributed by atoms with Crippen LogP contribution in [0.25, 0.3) is 0 Å². The van der Waals surface area contributed by atoms with Crippen LogP contribution >= 0.6 is 0 Å². The predicted molar refractivity (Wildman–Crippen MR) is 77.1 cm³/mol. The molecule has 0 aliphatic rings. The number of nitriles is 1. The fourth-order valence-corrected chi connectivity index (χ4v) is 1.90. The molecule has 0 fully saturated rings. The summed E-state index contributed by atoms with van der Waals surface area (Å²) in [6, 6.07) is 11.5. The summed E-state index contributed by atoms with van der Waals surface area (Å²) in [6.45, 7) is 4.36. The van der Waals surface area contributed by atoms with Gasteiger partial charge in [0.15, 0.2) is 0 Å². The fraction of sp³-hybridized carbons (Fsp3) is 0.250. The lowest BCUT2D eigenvalue weighted by Gasteiger charge is -2.12. The molecule has 2 N–H and O–H groups in total. The highest BCUT2D eigenvalue weighted by molar-refractivity contribution is 5.37. The predicted octanol–water partition coefficient (Wildman–Crippen LogP) is 2.86. The monoisotopic (exact) mass is 267 g/mol. The van der Waals surface area contributed by atoms with Crippen molar-refractivity contribution in [3.05, 3.63) is 58.9 Å². The Morgan fingerprint density at radius 1 is 1.35 bits per heavy atom. The van der Waals surface area contributed by atoms with Gasteiger partial charge in [-0.3, -0.25) is 0 Å². The van der Waals surface area contributed by atoms with E-state index in [9.17, 15) is 0 Å². The van der Waals surface area contributed by atoms with Crippen LogP contribution in [0.15, 0.2) is 36.5 Å². The Balaban J connectivity index is 2.09. The van der Waals surface area contributed by atoms with Crippen molar-refractivity contribution < 1.29 is 4.74 Å². The van der Waals surface area contributed by atoms with Crippen molar-refractivity contribution in [1.82, 2.24) is 4.98 Å². The molecule has 0 saturated heterocycles. The molecule has 0 unspecified atom stereocenters. The van der Waals surface area contributed by atoms with Crippen molar-refractivity contribution in [2.45, 2.75) is 26.5 Å². The van der Waals surface area contributed by atoms with Gasteiger partial charge in [-0.05, 0) is 48.7 Å². The largest absolute Gasteiger partial charge is 0.489 e. The molecule has 1 aromatic carbocycles. The molecule has 1 heterocycles. The van der Waals surface area contributed by atoms with Crippen LogP contribution in [0.3, 0.4) is 0 Å². The number of aryl methyl sites for hydroxylation is 1. The lowest BCUT2D eigenvalue weighted by Crippen LogP contribution is -2.05. The van der Waals surface area contributed by atoms with E-state index >= 15 is 0 Å². The highest BCUT2D eigenvalue weighted by Gasteiger charge is 2.05. The van der Waals surface area contributed by atoms with E-state index in [1.54, 1.807) is 12.3 Å². The summed E-state index contributed by atoms with van der Waals surface area (Å²) in [7, 11) is 0. The Morgan fingerprint density at radius 2 is 2.15 bits per heavy atom. The number of ether oxygens (including phenoxy) is 1. The smallest absolute Gasteiger partial charge is 0.140 e. The zero-order chi connectivity index (χ0) is 14.5.